The molecule has 3 fully saturated rings. The summed E-state index contributed by atoms with van der Waals surface area (Å²) in [6.45, 7) is 0. The summed E-state index contributed by atoms with van der Waals surface area (Å²) in [7, 11) is 2.23. The van der Waals surface area contributed by atoms with Gasteiger partial charge in [0.1, 0.15) is 28.5 Å². The molecule has 1 aliphatic carbocycles. The van der Waals surface area contributed by atoms with Crippen LogP contribution < -0.4 is 10.3 Å². The van der Waals surface area contributed by atoms with Crippen LogP contribution in [-0.4, -0.2) is 50.4 Å². The van der Waals surface area contributed by atoms with Crippen molar-refractivity contribution in [1.29, 1.82) is 0 Å². The minimum absolute atomic E-state index is 0.108. The molecule has 1 saturated carbocycles. The molecular weight excluding hydrogens is 446 g/mol. The highest BCUT2D eigenvalue weighted by Crippen LogP contribution is 2.36. The molecule has 2 saturated heterocycles. The fraction of sp³-hybridized carbons (Fsp3) is 0.481. The third kappa shape index (κ3) is 4.04. The van der Waals surface area contributed by atoms with E-state index in [0.29, 0.717) is 35.1 Å². The highest BCUT2D eigenvalue weighted by Gasteiger charge is 2.39. The van der Waals surface area contributed by atoms with Crippen molar-refractivity contribution in [2.24, 2.45) is 0 Å². The van der Waals surface area contributed by atoms with Gasteiger partial charge in [0.2, 0.25) is 0 Å². The van der Waals surface area contributed by atoms with E-state index in [4.69, 9.17) is 4.74 Å². The van der Waals surface area contributed by atoms with Crippen molar-refractivity contribution in [2.45, 2.75) is 75.2 Å². The molecule has 176 valence electrons. The summed E-state index contributed by atoms with van der Waals surface area (Å²) < 4.78 is 8.44. The number of rotatable bonds is 3. The van der Waals surface area contributed by atoms with E-state index in [0.717, 1.165) is 42.0 Å². The molecule has 6 rings (SSSR count). The number of nitrogens with zero attached hydrogens (tertiary/aromatic N) is 3. The predicted molar refractivity (Wildman–Crippen MR) is 134 cm³/mol. The topological polar surface area (TPSA) is 67.6 Å². The van der Waals surface area contributed by atoms with E-state index in [-0.39, 0.29) is 11.7 Å². The Balaban J connectivity index is 1.20. The Labute approximate surface area is 203 Å². The lowest BCUT2D eigenvalue weighted by molar-refractivity contribution is 0.0662. The van der Waals surface area contributed by atoms with Gasteiger partial charge in [0, 0.05) is 12.1 Å². The standard InChI is InChI=1S/C27H29N3O3S/c1-29-19-4-5-20(29)15-22(14-19)33-21-8-6-18(7-9-21)30-17-28-24-16-23(34-25(24)26(30)31)10-13-27(32)11-2-3-12-27/h6-9,16-17,19-20,22,32H,2-5,11-12,14-15H2,1H3/t19-,20+,22?. The first kappa shape index (κ1) is 21.8. The van der Waals surface area contributed by atoms with E-state index >= 15 is 0 Å². The minimum Gasteiger partial charge on any atom is -0.490 e. The van der Waals surface area contributed by atoms with Gasteiger partial charge >= 0.3 is 0 Å². The van der Waals surface area contributed by atoms with Crippen LogP contribution in [0.25, 0.3) is 15.9 Å². The molecule has 3 aromatic rings. The number of hydrogen-bond donors (Lipinski definition) is 1. The van der Waals surface area contributed by atoms with Crippen LogP contribution in [0.5, 0.6) is 5.75 Å². The fourth-order valence-electron chi connectivity index (χ4n) is 5.76. The molecule has 1 aromatic carbocycles. The number of piperidine rings is 1. The van der Waals surface area contributed by atoms with Gasteiger partial charge in [-0.25, -0.2) is 4.98 Å². The second kappa shape index (κ2) is 8.53. The molecule has 1 N–H and O–H groups in total. The Kier molecular flexibility index (Phi) is 5.48. The van der Waals surface area contributed by atoms with Crippen LogP contribution in [-0.2, 0) is 0 Å². The van der Waals surface area contributed by atoms with Gasteiger partial charge in [-0.2, -0.15) is 0 Å². The Hall–Kier alpha value is -2.66. The molecule has 4 heterocycles. The number of hydrogen-bond acceptors (Lipinski definition) is 6. The first-order valence-electron chi connectivity index (χ1n) is 12.2. The SMILES string of the molecule is CN1[C@@H]2CC[C@H]1CC(Oc1ccc(-n3cnc4cc(C#CC5(O)CCCC5)sc4c3=O)cc1)C2. The predicted octanol–water partition coefficient (Wildman–Crippen LogP) is 4.11. The number of benzene rings is 1. The van der Waals surface area contributed by atoms with Crippen molar-refractivity contribution >= 4 is 21.6 Å². The maximum Gasteiger partial charge on any atom is 0.275 e. The smallest absolute Gasteiger partial charge is 0.275 e. The van der Waals surface area contributed by atoms with Crippen molar-refractivity contribution in [1.82, 2.24) is 14.5 Å². The maximum atomic E-state index is 13.2. The Morgan fingerprint density at radius 1 is 1.15 bits per heavy atom. The zero-order chi connectivity index (χ0) is 23.3. The number of thiophene rings is 1. The van der Waals surface area contributed by atoms with Crippen molar-refractivity contribution in [3.8, 4) is 23.3 Å². The van der Waals surface area contributed by atoms with Crippen molar-refractivity contribution in [3.63, 3.8) is 0 Å². The van der Waals surface area contributed by atoms with Gasteiger partial charge in [0.15, 0.2) is 0 Å². The van der Waals surface area contributed by atoms with Gasteiger partial charge in [-0.3, -0.25) is 9.36 Å². The van der Waals surface area contributed by atoms with E-state index in [2.05, 4.69) is 28.8 Å². The molecule has 1 unspecified atom stereocenters. The summed E-state index contributed by atoms with van der Waals surface area (Å²) in [5.41, 5.74) is 0.409. The maximum absolute atomic E-state index is 13.2. The largest absolute Gasteiger partial charge is 0.490 e. The normalized spacial score (nSPS) is 25.9. The fourth-order valence-corrected chi connectivity index (χ4v) is 6.65. The molecule has 2 aliphatic heterocycles. The molecule has 2 aromatic heterocycles. The van der Waals surface area contributed by atoms with Crippen molar-refractivity contribution in [2.75, 3.05) is 7.05 Å². The average Bonchev–Trinajstić information content (AvgIpc) is 3.50. The number of ether oxygens (including phenoxy) is 1. The lowest BCUT2D eigenvalue weighted by atomic mass is 10.0. The first-order chi connectivity index (χ1) is 16.5. The second-order valence-electron chi connectivity index (χ2n) is 9.99. The molecule has 0 spiro atoms. The van der Waals surface area contributed by atoms with Crippen molar-refractivity contribution in [3.05, 3.63) is 51.9 Å². The number of fused-ring (bicyclic) bond motifs is 3. The van der Waals surface area contributed by atoms with E-state index < -0.39 is 5.60 Å². The van der Waals surface area contributed by atoms with E-state index in [9.17, 15) is 9.90 Å². The van der Waals surface area contributed by atoms with Gasteiger partial charge in [-0.15, -0.1) is 11.3 Å². The zero-order valence-electron chi connectivity index (χ0n) is 19.4. The zero-order valence-corrected chi connectivity index (χ0v) is 20.2. The molecule has 34 heavy (non-hydrogen) atoms. The van der Waals surface area contributed by atoms with Crippen LogP contribution in [0.15, 0.2) is 41.5 Å². The molecule has 0 amide bonds. The Morgan fingerprint density at radius 3 is 2.56 bits per heavy atom. The third-order valence-corrected chi connectivity index (χ3v) is 8.79. The van der Waals surface area contributed by atoms with Crippen LogP contribution in [0.3, 0.4) is 0 Å². The van der Waals surface area contributed by atoms with Gasteiger partial charge in [0.05, 0.1) is 16.1 Å². The average molecular weight is 476 g/mol. The summed E-state index contributed by atoms with van der Waals surface area (Å²) in [6, 6.07) is 10.8. The van der Waals surface area contributed by atoms with E-state index in [1.54, 1.807) is 10.9 Å². The van der Waals surface area contributed by atoms with Crippen LogP contribution in [0.2, 0.25) is 0 Å². The first-order valence-corrected chi connectivity index (χ1v) is 13.0. The summed E-state index contributed by atoms with van der Waals surface area (Å²) in [5.74, 6) is 6.93. The molecule has 3 atom stereocenters. The molecule has 3 aliphatic rings. The second-order valence-corrected chi connectivity index (χ2v) is 11.0. The van der Waals surface area contributed by atoms with E-state index in [1.807, 2.05) is 30.3 Å². The summed E-state index contributed by atoms with van der Waals surface area (Å²) in [6.07, 6.45) is 9.98. The minimum atomic E-state index is -0.888. The summed E-state index contributed by atoms with van der Waals surface area (Å²) >= 11 is 1.34. The lowest BCUT2D eigenvalue weighted by Gasteiger charge is -2.36. The molecule has 0 radical (unpaired) electrons. The summed E-state index contributed by atoms with van der Waals surface area (Å²) in [4.78, 5) is 20.9. The molecule has 2 bridgehead atoms. The van der Waals surface area contributed by atoms with Gasteiger partial charge in [-0.1, -0.05) is 11.8 Å². The highest BCUT2D eigenvalue weighted by molar-refractivity contribution is 7.19. The van der Waals surface area contributed by atoms with Gasteiger partial charge in [-0.05, 0) is 88.7 Å². The van der Waals surface area contributed by atoms with Crippen LogP contribution in [0.1, 0.15) is 56.2 Å². The van der Waals surface area contributed by atoms with Crippen LogP contribution in [0, 0.1) is 11.8 Å². The van der Waals surface area contributed by atoms with Crippen molar-refractivity contribution < 1.29 is 9.84 Å². The van der Waals surface area contributed by atoms with Gasteiger partial charge in [0.25, 0.3) is 5.56 Å². The van der Waals surface area contributed by atoms with Gasteiger partial charge < -0.3 is 14.7 Å². The number of aliphatic hydroxyl groups is 1. The summed E-state index contributed by atoms with van der Waals surface area (Å²) in [5, 5.41) is 10.5. The number of aromatic nitrogens is 2. The Bertz CT molecular complexity index is 1310. The Morgan fingerprint density at radius 2 is 1.85 bits per heavy atom. The lowest BCUT2D eigenvalue weighted by Crippen LogP contribution is -2.43. The monoisotopic (exact) mass is 475 g/mol. The van der Waals surface area contributed by atoms with Crippen LogP contribution >= 0.6 is 11.3 Å². The molecule has 7 heteroatoms. The molecule has 6 nitrogen and oxygen atoms in total. The third-order valence-electron chi connectivity index (χ3n) is 7.76. The molecular formula is C27H29N3O3S. The quantitative estimate of drug-likeness (QED) is 0.578. The van der Waals surface area contributed by atoms with Crippen LogP contribution in [0.4, 0.5) is 0 Å². The van der Waals surface area contributed by atoms with E-state index in [1.165, 1.54) is 24.2 Å². The highest BCUT2D eigenvalue weighted by atomic mass is 32.1.